The summed E-state index contributed by atoms with van der Waals surface area (Å²) in [6.45, 7) is 4.84. The first-order chi connectivity index (χ1) is 18.2. The quantitative estimate of drug-likeness (QED) is 0.180. The van der Waals surface area contributed by atoms with Crippen LogP contribution in [0.3, 0.4) is 0 Å². The lowest BCUT2D eigenvalue weighted by molar-refractivity contribution is -0.393. The molecule has 0 aliphatic carbocycles. The molecule has 0 aromatic heterocycles. The molecule has 0 bridgehead atoms. The Kier molecular flexibility index (Phi) is 9.15. The molecule has 0 aliphatic heterocycles. The average Bonchev–Trinajstić information content (AvgIpc) is 2.90. The molecule has 194 valence electrons. The fourth-order valence-electron chi connectivity index (χ4n) is 3.83. The number of nitro benzene ring substituents is 2. The number of amides is 1. The Morgan fingerprint density at radius 2 is 1.79 bits per heavy atom. The second kappa shape index (κ2) is 12.7. The Labute approximate surface area is 218 Å². The molecule has 0 spiro atoms. The van der Waals surface area contributed by atoms with Crippen LogP contribution in [0.5, 0.6) is 0 Å². The maximum atomic E-state index is 11.9. The lowest BCUT2D eigenvalue weighted by Gasteiger charge is -2.24. The number of nitrogens with zero attached hydrogens (tertiary/aromatic N) is 6. The van der Waals surface area contributed by atoms with Crippen LogP contribution in [-0.4, -0.2) is 28.8 Å². The highest BCUT2D eigenvalue weighted by Gasteiger charge is 2.24. The van der Waals surface area contributed by atoms with E-state index in [1.807, 2.05) is 25.1 Å². The van der Waals surface area contributed by atoms with Crippen LogP contribution in [0.2, 0.25) is 0 Å². The van der Waals surface area contributed by atoms with E-state index in [4.69, 9.17) is 0 Å². The summed E-state index contributed by atoms with van der Waals surface area (Å²) in [4.78, 5) is 35.0. The fraction of sp³-hybridized carbons (Fsp3) is 0.231. The molecule has 0 radical (unpaired) electrons. The summed E-state index contributed by atoms with van der Waals surface area (Å²) in [5, 5.41) is 42.7. The zero-order valence-corrected chi connectivity index (χ0v) is 20.8. The van der Waals surface area contributed by atoms with Gasteiger partial charge in [0.1, 0.15) is 11.8 Å². The molecule has 38 heavy (non-hydrogen) atoms. The highest BCUT2D eigenvalue weighted by atomic mass is 16.6. The van der Waals surface area contributed by atoms with Crippen molar-refractivity contribution < 1.29 is 14.6 Å². The molecule has 3 rings (SSSR count). The van der Waals surface area contributed by atoms with Crippen LogP contribution in [0, 0.1) is 31.6 Å². The molecule has 0 saturated heterocycles. The largest absolute Gasteiger partial charge is 0.372 e. The summed E-state index contributed by atoms with van der Waals surface area (Å²) in [6.07, 6.45) is 1.83. The molecule has 12 heteroatoms. The van der Waals surface area contributed by atoms with Crippen molar-refractivity contribution in [3.05, 3.63) is 92.0 Å². The average molecular weight is 516 g/mol. The Bertz CT molecular complexity index is 1420. The number of hydrogen-bond donors (Lipinski definition) is 1. The number of carbonyl (C=O) groups is 1. The summed E-state index contributed by atoms with van der Waals surface area (Å²) >= 11 is 0. The maximum absolute atomic E-state index is 11.9. The van der Waals surface area contributed by atoms with Gasteiger partial charge in [-0.25, -0.2) is 0 Å². The van der Waals surface area contributed by atoms with Gasteiger partial charge in [-0.05, 0) is 43.5 Å². The smallest absolute Gasteiger partial charge is 0.304 e. The normalized spacial score (nSPS) is 10.7. The van der Waals surface area contributed by atoms with Crippen LogP contribution >= 0.6 is 0 Å². The van der Waals surface area contributed by atoms with Gasteiger partial charge in [0, 0.05) is 31.8 Å². The molecule has 0 saturated carbocycles. The summed E-state index contributed by atoms with van der Waals surface area (Å²) < 4.78 is 0. The number of nitrogens with one attached hydrogen (secondary N) is 1. The van der Waals surface area contributed by atoms with Crippen molar-refractivity contribution in [3.63, 3.8) is 0 Å². The zero-order chi connectivity index (χ0) is 27.7. The number of hydrogen-bond acceptors (Lipinski definition) is 9. The number of anilines is 2. The van der Waals surface area contributed by atoms with Gasteiger partial charge < -0.3 is 10.2 Å². The van der Waals surface area contributed by atoms with E-state index in [0.717, 1.165) is 43.8 Å². The molecular formula is C26H25N7O5. The van der Waals surface area contributed by atoms with Crippen LogP contribution in [0.4, 0.5) is 34.1 Å². The number of aryl methyl sites for hydroxylation is 1. The van der Waals surface area contributed by atoms with Gasteiger partial charge in [-0.3, -0.25) is 25.0 Å². The second-order valence-corrected chi connectivity index (χ2v) is 8.24. The first-order valence-electron chi connectivity index (χ1n) is 11.7. The van der Waals surface area contributed by atoms with Crippen LogP contribution in [0.1, 0.15) is 31.4 Å². The van der Waals surface area contributed by atoms with Crippen molar-refractivity contribution in [3.8, 4) is 6.07 Å². The zero-order valence-electron chi connectivity index (χ0n) is 20.8. The summed E-state index contributed by atoms with van der Waals surface area (Å²) in [5.41, 5.74) is 0.469. The summed E-state index contributed by atoms with van der Waals surface area (Å²) in [7, 11) is 0. The molecule has 0 aliphatic rings. The molecule has 3 aromatic rings. The molecule has 1 amide bonds. The fourth-order valence-corrected chi connectivity index (χ4v) is 3.83. The first kappa shape index (κ1) is 27.4. The van der Waals surface area contributed by atoms with Crippen molar-refractivity contribution in [1.29, 1.82) is 5.26 Å². The second-order valence-electron chi connectivity index (χ2n) is 8.24. The number of benzene rings is 3. The number of rotatable bonds is 11. The van der Waals surface area contributed by atoms with E-state index in [1.165, 1.54) is 12.5 Å². The minimum absolute atomic E-state index is 0.195. The third kappa shape index (κ3) is 6.94. The van der Waals surface area contributed by atoms with Crippen molar-refractivity contribution in [1.82, 2.24) is 0 Å². The standard InChI is InChI=1S/C26H25N7O5/c1-3-31(13-7-10-19-8-5-4-6-9-19)21-11-12-23(24(15-21)28-18(2)34)29-30-26-20(17-27)14-22(32(35)36)16-25(26)33(37)38/h4-6,8-9,11-12,14-16H,3,7,10,13H2,1-2H3,(H,28,34). The van der Waals surface area contributed by atoms with Crippen molar-refractivity contribution in [2.24, 2.45) is 10.2 Å². The molecule has 1 N–H and O–H groups in total. The predicted octanol–water partition coefficient (Wildman–Crippen LogP) is 6.21. The molecule has 12 nitrogen and oxygen atoms in total. The molecule has 0 unspecified atom stereocenters. The number of non-ortho nitro benzene ring substituents is 1. The van der Waals surface area contributed by atoms with Crippen LogP contribution in [0.15, 0.2) is 70.9 Å². The van der Waals surface area contributed by atoms with Crippen LogP contribution in [0.25, 0.3) is 0 Å². The molecule has 3 aromatic carbocycles. The van der Waals surface area contributed by atoms with E-state index in [1.54, 1.807) is 24.3 Å². The summed E-state index contributed by atoms with van der Waals surface area (Å²) in [6, 6.07) is 18.6. The molecule has 0 fully saturated rings. The van der Waals surface area contributed by atoms with Crippen LogP contribution in [-0.2, 0) is 11.2 Å². The van der Waals surface area contributed by atoms with Gasteiger partial charge in [-0.2, -0.15) is 5.26 Å². The van der Waals surface area contributed by atoms with Gasteiger partial charge in [-0.1, -0.05) is 30.3 Å². The number of carbonyl (C=O) groups excluding carboxylic acids is 1. The number of azo groups is 1. The topological polar surface area (TPSA) is 167 Å². The van der Waals surface area contributed by atoms with Gasteiger partial charge in [0.15, 0.2) is 5.69 Å². The molecule has 0 atom stereocenters. The third-order valence-electron chi connectivity index (χ3n) is 5.63. The monoisotopic (exact) mass is 515 g/mol. The van der Waals surface area contributed by atoms with Crippen LogP contribution < -0.4 is 10.2 Å². The van der Waals surface area contributed by atoms with Gasteiger partial charge in [0.05, 0.1) is 27.2 Å². The van der Waals surface area contributed by atoms with E-state index in [9.17, 15) is 30.3 Å². The minimum Gasteiger partial charge on any atom is -0.372 e. The van der Waals surface area contributed by atoms with E-state index in [-0.39, 0.29) is 17.2 Å². The highest BCUT2D eigenvalue weighted by molar-refractivity contribution is 5.93. The number of nitriles is 1. The Morgan fingerprint density at radius 3 is 2.39 bits per heavy atom. The SMILES string of the molecule is CCN(CCCc1ccccc1)c1ccc(N=Nc2c(C#N)cc([N+](=O)[O-])cc2[N+](=O)[O-])c(NC(C)=O)c1. The Morgan fingerprint density at radius 1 is 1.05 bits per heavy atom. The highest BCUT2D eigenvalue weighted by Crippen LogP contribution is 2.38. The van der Waals surface area contributed by atoms with Gasteiger partial charge in [-0.15, -0.1) is 10.2 Å². The minimum atomic E-state index is -0.866. The lowest BCUT2D eigenvalue weighted by atomic mass is 10.1. The maximum Gasteiger partial charge on any atom is 0.304 e. The van der Waals surface area contributed by atoms with Gasteiger partial charge in [0.2, 0.25) is 5.91 Å². The van der Waals surface area contributed by atoms with Gasteiger partial charge in [0.25, 0.3) is 5.69 Å². The van der Waals surface area contributed by atoms with E-state index < -0.39 is 26.9 Å². The number of nitro groups is 2. The van der Waals surface area contributed by atoms with Gasteiger partial charge >= 0.3 is 5.69 Å². The Balaban J connectivity index is 1.92. The summed E-state index contributed by atoms with van der Waals surface area (Å²) in [5.74, 6) is -0.357. The predicted molar refractivity (Wildman–Crippen MR) is 142 cm³/mol. The van der Waals surface area contributed by atoms with E-state index in [2.05, 4.69) is 32.6 Å². The van der Waals surface area contributed by atoms with Crippen molar-refractivity contribution in [2.45, 2.75) is 26.7 Å². The first-order valence-corrected chi connectivity index (χ1v) is 11.7. The molecule has 0 heterocycles. The third-order valence-corrected chi connectivity index (χ3v) is 5.63. The van der Waals surface area contributed by atoms with Crippen molar-refractivity contribution >= 4 is 40.0 Å². The lowest BCUT2D eigenvalue weighted by Crippen LogP contribution is -2.24. The van der Waals surface area contributed by atoms with E-state index >= 15 is 0 Å². The Hall–Kier alpha value is -5.18. The van der Waals surface area contributed by atoms with E-state index in [0.29, 0.717) is 5.69 Å². The molecular weight excluding hydrogens is 490 g/mol. The van der Waals surface area contributed by atoms with Crippen molar-refractivity contribution in [2.75, 3.05) is 23.3 Å².